The lowest BCUT2D eigenvalue weighted by atomic mass is 10.0. The van der Waals surface area contributed by atoms with E-state index in [-0.39, 0.29) is 24.9 Å². The third kappa shape index (κ3) is 41.3. The molecule has 1 amide bonds. The van der Waals surface area contributed by atoms with Gasteiger partial charge < -0.3 is 20.3 Å². The van der Waals surface area contributed by atoms with E-state index in [1.54, 1.807) is 0 Å². The van der Waals surface area contributed by atoms with E-state index in [4.69, 9.17) is 4.74 Å². The number of ether oxygens (including phenoxy) is 1. The fourth-order valence-electron chi connectivity index (χ4n) is 6.69. The number of aliphatic hydroxyl groups excluding tert-OH is 2. The highest BCUT2D eigenvalue weighted by Gasteiger charge is 2.24. The van der Waals surface area contributed by atoms with Gasteiger partial charge in [0, 0.05) is 6.42 Å². The van der Waals surface area contributed by atoms with Crippen LogP contribution in [0.5, 0.6) is 0 Å². The van der Waals surface area contributed by atoms with Crippen molar-refractivity contribution in [3.05, 3.63) is 97.2 Å². The van der Waals surface area contributed by atoms with E-state index in [0.717, 1.165) is 109 Å². The van der Waals surface area contributed by atoms with Gasteiger partial charge in [-0.15, -0.1) is 0 Å². The number of unbranched alkanes of at least 4 members (excludes halogenated alkanes) is 19. The number of carbonyl (C=O) groups excluding carboxylic acids is 2. The smallest absolute Gasteiger partial charge is 0.306 e. The third-order valence-corrected chi connectivity index (χ3v) is 10.3. The number of hydrogen-bond acceptors (Lipinski definition) is 5. The fraction of sp³-hybridized carbons (Fsp3) is 0.660. The van der Waals surface area contributed by atoms with Gasteiger partial charge in [-0.25, -0.2) is 0 Å². The van der Waals surface area contributed by atoms with Crippen molar-refractivity contribution in [1.82, 2.24) is 5.32 Å². The maximum absolute atomic E-state index is 13.1. The second kappa shape index (κ2) is 45.9. The Balaban J connectivity index is 4.68. The number of carbonyl (C=O) groups is 2. The Morgan fingerprint density at radius 2 is 0.949 bits per heavy atom. The fourth-order valence-corrected chi connectivity index (χ4v) is 6.69. The molecule has 0 aliphatic carbocycles. The summed E-state index contributed by atoms with van der Waals surface area (Å²) in [5.74, 6) is -0.534. The van der Waals surface area contributed by atoms with Crippen LogP contribution >= 0.6 is 0 Å². The van der Waals surface area contributed by atoms with E-state index in [0.29, 0.717) is 19.3 Å². The molecular formula is C53H89NO5. The largest absolute Gasteiger partial charge is 0.462 e. The quantitative estimate of drug-likeness (QED) is 0.0324. The molecule has 0 aromatic rings. The van der Waals surface area contributed by atoms with Crippen molar-refractivity contribution in [2.75, 3.05) is 6.61 Å². The Morgan fingerprint density at radius 1 is 0.508 bits per heavy atom. The van der Waals surface area contributed by atoms with E-state index < -0.39 is 18.2 Å². The number of hydrogen-bond donors (Lipinski definition) is 3. The lowest BCUT2D eigenvalue weighted by Gasteiger charge is -2.24. The van der Waals surface area contributed by atoms with Crippen LogP contribution in [0.2, 0.25) is 0 Å². The standard InChI is InChI=1S/C53H89NO5/c1-4-7-10-13-16-19-21-23-24-25-26-27-29-31-34-37-40-43-46-53(58)59-49(44-41-38-35-33-30-28-22-20-17-14-11-8-5-2)47-52(57)54-50(48-55)51(56)45-42-39-36-32-18-15-12-9-6-3/h8,10-11,13-14,16-17,19-27,49-51,55-56H,4-7,9,12,15,18,28-48H2,1-3H3,(H,54,57)/b11-8+,13-10+,17-14+,19-16+,22-20+,23-21+,25-24+,27-26+. The predicted molar refractivity (Wildman–Crippen MR) is 254 cm³/mol. The first-order valence-electron chi connectivity index (χ1n) is 24.1. The van der Waals surface area contributed by atoms with Gasteiger partial charge in [-0.2, -0.15) is 0 Å². The Bertz CT molecular complexity index is 1190. The molecule has 6 nitrogen and oxygen atoms in total. The summed E-state index contributed by atoms with van der Waals surface area (Å²) in [5.41, 5.74) is 0. The summed E-state index contributed by atoms with van der Waals surface area (Å²) < 4.78 is 5.90. The highest BCUT2D eigenvalue weighted by molar-refractivity contribution is 5.77. The van der Waals surface area contributed by atoms with Crippen LogP contribution in [-0.4, -0.2) is 46.9 Å². The maximum Gasteiger partial charge on any atom is 0.306 e. The molecule has 0 bridgehead atoms. The molecule has 3 atom stereocenters. The molecule has 0 saturated heterocycles. The van der Waals surface area contributed by atoms with Gasteiger partial charge >= 0.3 is 5.97 Å². The van der Waals surface area contributed by atoms with Crippen LogP contribution in [-0.2, 0) is 14.3 Å². The summed E-state index contributed by atoms with van der Waals surface area (Å²) in [6.07, 6.45) is 60.3. The van der Waals surface area contributed by atoms with Gasteiger partial charge in [0.2, 0.25) is 5.91 Å². The van der Waals surface area contributed by atoms with Gasteiger partial charge in [0.25, 0.3) is 0 Å². The van der Waals surface area contributed by atoms with E-state index in [1.165, 1.54) is 44.9 Å². The molecule has 0 aromatic carbocycles. The summed E-state index contributed by atoms with van der Waals surface area (Å²) in [4.78, 5) is 26.1. The molecule has 0 aromatic heterocycles. The zero-order valence-corrected chi connectivity index (χ0v) is 38.1. The van der Waals surface area contributed by atoms with Crippen molar-refractivity contribution in [2.24, 2.45) is 0 Å². The lowest BCUT2D eigenvalue weighted by molar-refractivity contribution is -0.151. The van der Waals surface area contributed by atoms with Crippen molar-refractivity contribution in [3.8, 4) is 0 Å². The SMILES string of the molecule is CC/C=C/C=C/C=C/CCCCCCCC(CC(=O)NC(CO)C(O)CCCCCCCCCCC)OC(=O)CCCCCCC/C=C/C=C/C=C/C=C/C=C/CCC. The van der Waals surface area contributed by atoms with E-state index in [1.807, 2.05) is 24.3 Å². The average Bonchev–Trinajstić information content (AvgIpc) is 3.23. The normalized spacial score (nSPS) is 14.2. The van der Waals surface area contributed by atoms with Crippen LogP contribution in [0.3, 0.4) is 0 Å². The molecule has 3 unspecified atom stereocenters. The third-order valence-electron chi connectivity index (χ3n) is 10.3. The molecule has 0 aliphatic rings. The maximum atomic E-state index is 13.1. The molecule has 3 N–H and O–H groups in total. The van der Waals surface area contributed by atoms with Gasteiger partial charge in [0.1, 0.15) is 6.10 Å². The monoisotopic (exact) mass is 820 g/mol. The lowest BCUT2D eigenvalue weighted by Crippen LogP contribution is -2.46. The topological polar surface area (TPSA) is 95.9 Å². The van der Waals surface area contributed by atoms with E-state index in [9.17, 15) is 19.8 Å². The first-order chi connectivity index (χ1) is 29.0. The Labute approximate surface area is 363 Å². The average molecular weight is 820 g/mol. The highest BCUT2D eigenvalue weighted by atomic mass is 16.5. The summed E-state index contributed by atoms with van der Waals surface area (Å²) in [5, 5.41) is 23.6. The molecule has 0 radical (unpaired) electrons. The number of allylic oxidation sites excluding steroid dienone is 16. The minimum Gasteiger partial charge on any atom is -0.462 e. The van der Waals surface area contributed by atoms with Crippen molar-refractivity contribution in [2.45, 2.75) is 219 Å². The number of amides is 1. The van der Waals surface area contributed by atoms with E-state index in [2.05, 4.69) is 99.0 Å². The minimum absolute atomic E-state index is 0.0471. The van der Waals surface area contributed by atoms with Gasteiger partial charge in [-0.3, -0.25) is 9.59 Å². The van der Waals surface area contributed by atoms with Gasteiger partial charge in [0.15, 0.2) is 0 Å². The van der Waals surface area contributed by atoms with Crippen LogP contribution in [0.25, 0.3) is 0 Å². The number of rotatable bonds is 41. The Kier molecular flexibility index (Phi) is 43.4. The van der Waals surface area contributed by atoms with Crippen molar-refractivity contribution < 1.29 is 24.5 Å². The van der Waals surface area contributed by atoms with Crippen LogP contribution in [0.1, 0.15) is 201 Å². The molecular weight excluding hydrogens is 731 g/mol. The number of nitrogens with one attached hydrogen (secondary N) is 1. The zero-order chi connectivity index (χ0) is 43.1. The molecule has 0 heterocycles. The first kappa shape index (κ1) is 55.8. The van der Waals surface area contributed by atoms with Gasteiger partial charge in [-0.05, 0) is 64.2 Å². The zero-order valence-electron chi connectivity index (χ0n) is 38.1. The Morgan fingerprint density at radius 3 is 1.46 bits per heavy atom. The van der Waals surface area contributed by atoms with Crippen molar-refractivity contribution >= 4 is 11.9 Å². The molecule has 6 heteroatoms. The molecule has 0 spiro atoms. The van der Waals surface area contributed by atoms with E-state index >= 15 is 0 Å². The molecule has 0 fully saturated rings. The van der Waals surface area contributed by atoms with Crippen LogP contribution in [0, 0.1) is 0 Å². The summed E-state index contributed by atoms with van der Waals surface area (Å²) in [7, 11) is 0. The van der Waals surface area contributed by atoms with Gasteiger partial charge in [-0.1, -0.05) is 221 Å². The first-order valence-corrected chi connectivity index (χ1v) is 24.1. The predicted octanol–water partition coefficient (Wildman–Crippen LogP) is 14.2. The summed E-state index contributed by atoms with van der Waals surface area (Å²) >= 11 is 0. The molecule has 0 saturated carbocycles. The van der Waals surface area contributed by atoms with Crippen molar-refractivity contribution in [3.63, 3.8) is 0 Å². The van der Waals surface area contributed by atoms with Gasteiger partial charge in [0.05, 0.1) is 25.2 Å². The summed E-state index contributed by atoms with van der Waals surface area (Å²) in [6.45, 7) is 6.21. The number of aliphatic hydroxyl groups is 2. The number of esters is 1. The second-order valence-corrected chi connectivity index (χ2v) is 16.0. The molecule has 0 rings (SSSR count). The van der Waals surface area contributed by atoms with Crippen molar-refractivity contribution in [1.29, 1.82) is 0 Å². The molecule has 0 aliphatic heterocycles. The Hall–Kier alpha value is -3.22. The van der Waals surface area contributed by atoms with Crippen LogP contribution in [0.4, 0.5) is 0 Å². The summed E-state index contributed by atoms with van der Waals surface area (Å²) in [6, 6.07) is -0.718. The molecule has 59 heavy (non-hydrogen) atoms. The van der Waals surface area contributed by atoms with Crippen LogP contribution in [0.15, 0.2) is 97.2 Å². The highest BCUT2D eigenvalue weighted by Crippen LogP contribution is 2.17. The second-order valence-electron chi connectivity index (χ2n) is 16.0. The molecule has 336 valence electrons. The minimum atomic E-state index is -0.802. The van der Waals surface area contributed by atoms with Crippen LogP contribution < -0.4 is 5.32 Å².